The molecule has 3 heterocycles. The molecular formula is C27H34N6O3. The fraction of sp³-hybridized carbons (Fsp3) is 0.444. The fourth-order valence-corrected chi connectivity index (χ4v) is 4.89. The van der Waals surface area contributed by atoms with Gasteiger partial charge in [-0.1, -0.05) is 38.1 Å². The summed E-state index contributed by atoms with van der Waals surface area (Å²) in [5.41, 5.74) is 4.40. The molecule has 3 atom stereocenters. The number of aliphatic hydroxyl groups is 1. The highest BCUT2D eigenvalue weighted by Gasteiger charge is 2.39. The number of likely N-dealkylation sites (tertiary alicyclic amines) is 1. The van der Waals surface area contributed by atoms with Gasteiger partial charge in [-0.2, -0.15) is 0 Å². The molecule has 2 N–H and O–H groups in total. The van der Waals surface area contributed by atoms with Crippen molar-refractivity contribution in [3.8, 4) is 11.1 Å². The minimum atomic E-state index is -0.575. The van der Waals surface area contributed by atoms with Crippen molar-refractivity contribution in [1.29, 1.82) is 0 Å². The number of aryl methyl sites for hydroxylation is 2. The maximum Gasteiger partial charge on any atom is 0.246 e. The summed E-state index contributed by atoms with van der Waals surface area (Å²) in [7, 11) is 0. The van der Waals surface area contributed by atoms with E-state index in [1.54, 1.807) is 17.4 Å². The van der Waals surface area contributed by atoms with Crippen molar-refractivity contribution >= 4 is 11.8 Å². The topological polar surface area (TPSA) is 113 Å². The van der Waals surface area contributed by atoms with Crippen LogP contribution in [0.4, 0.5) is 0 Å². The van der Waals surface area contributed by atoms with Gasteiger partial charge in [0.05, 0.1) is 24.7 Å². The Kier molecular flexibility index (Phi) is 7.79. The molecule has 9 nitrogen and oxygen atoms in total. The van der Waals surface area contributed by atoms with Gasteiger partial charge in [0, 0.05) is 30.2 Å². The lowest BCUT2D eigenvalue weighted by molar-refractivity contribution is -0.142. The SMILES string of the molecule is Cc1cn([C@H](C(=O)N2CCC[C@H]2C(=O)N[C@@H](CO)c2ccc(-c3cncnc3C)cc2)C(C)C)cn1. The first-order chi connectivity index (χ1) is 17.3. The summed E-state index contributed by atoms with van der Waals surface area (Å²) in [6.07, 6.45) is 8.18. The molecule has 1 aromatic carbocycles. The number of hydrogen-bond donors (Lipinski definition) is 2. The maximum absolute atomic E-state index is 13.6. The van der Waals surface area contributed by atoms with E-state index < -0.39 is 18.1 Å². The molecular weight excluding hydrogens is 456 g/mol. The molecule has 0 aliphatic carbocycles. The van der Waals surface area contributed by atoms with Crippen molar-refractivity contribution < 1.29 is 14.7 Å². The number of carbonyl (C=O) groups excluding carboxylic acids is 2. The number of amides is 2. The highest BCUT2D eigenvalue weighted by atomic mass is 16.3. The predicted molar refractivity (Wildman–Crippen MR) is 136 cm³/mol. The van der Waals surface area contributed by atoms with Crippen LogP contribution in [0.15, 0.2) is 49.3 Å². The van der Waals surface area contributed by atoms with E-state index in [-0.39, 0.29) is 24.3 Å². The van der Waals surface area contributed by atoms with Gasteiger partial charge in [-0.15, -0.1) is 0 Å². The Bertz CT molecular complexity index is 1210. The molecule has 1 aliphatic rings. The van der Waals surface area contributed by atoms with Crippen LogP contribution in [0.2, 0.25) is 0 Å². The van der Waals surface area contributed by atoms with Gasteiger partial charge in [0.1, 0.15) is 18.4 Å². The van der Waals surface area contributed by atoms with Gasteiger partial charge in [-0.05, 0) is 43.7 Å². The summed E-state index contributed by atoms with van der Waals surface area (Å²) < 4.78 is 1.84. The standard InChI is InChI=1S/C27H34N6O3/c1-17(2)25(32-13-18(3)30-16-32)27(36)33-11-5-6-24(33)26(35)31-23(14-34)21-9-7-20(8-10-21)22-12-28-15-29-19(22)4/h7-10,12-13,15-17,23-25,34H,5-6,11,14H2,1-4H3,(H,31,35)/t23-,24-,25-/m0/s1. The number of imidazole rings is 1. The van der Waals surface area contributed by atoms with Crippen molar-refractivity contribution in [3.05, 3.63) is 66.3 Å². The zero-order chi connectivity index (χ0) is 25.8. The molecule has 0 spiro atoms. The number of nitrogens with one attached hydrogen (secondary N) is 1. The van der Waals surface area contributed by atoms with E-state index in [1.165, 1.54) is 6.33 Å². The Hall–Kier alpha value is -3.59. The molecule has 0 saturated carbocycles. The largest absolute Gasteiger partial charge is 0.394 e. The third kappa shape index (κ3) is 5.31. The molecule has 36 heavy (non-hydrogen) atoms. The number of aliphatic hydroxyl groups excluding tert-OH is 1. The van der Waals surface area contributed by atoms with Crippen molar-refractivity contribution in [2.24, 2.45) is 5.92 Å². The number of hydrogen-bond acceptors (Lipinski definition) is 6. The Morgan fingerprint density at radius 3 is 2.53 bits per heavy atom. The van der Waals surface area contributed by atoms with Crippen molar-refractivity contribution in [3.63, 3.8) is 0 Å². The zero-order valence-electron chi connectivity index (χ0n) is 21.3. The summed E-state index contributed by atoms with van der Waals surface area (Å²) in [4.78, 5) is 41.2. The molecule has 0 radical (unpaired) electrons. The average Bonchev–Trinajstić information content (AvgIpc) is 3.52. The first-order valence-corrected chi connectivity index (χ1v) is 12.4. The van der Waals surface area contributed by atoms with Crippen LogP contribution < -0.4 is 5.32 Å². The quantitative estimate of drug-likeness (QED) is 0.502. The molecule has 1 fully saturated rings. The van der Waals surface area contributed by atoms with Gasteiger partial charge in [0.15, 0.2) is 0 Å². The van der Waals surface area contributed by atoms with E-state index >= 15 is 0 Å². The van der Waals surface area contributed by atoms with Crippen LogP contribution in [0, 0.1) is 19.8 Å². The Labute approximate surface area is 211 Å². The number of aromatic nitrogens is 4. The van der Waals surface area contributed by atoms with E-state index in [1.807, 2.05) is 62.7 Å². The molecule has 3 aromatic rings. The minimum absolute atomic E-state index is 0.0396. The highest BCUT2D eigenvalue weighted by Crippen LogP contribution is 2.28. The van der Waals surface area contributed by atoms with Gasteiger partial charge in [-0.3, -0.25) is 9.59 Å². The van der Waals surface area contributed by atoms with Crippen LogP contribution in [0.1, 0.15) is 55.7 Å². The predicted octanol–water partition coefficient (Wildman–Crippen LogP) is 2.99. The Morgan fingerprint density at radius 1 is 1.17 bits per heavy atom. The summed E-state index contributed by atoms with van der Waals surface area (Å²) in [6.45, 7) is 8.09. The van der Waals surface area contributed by atoms with Gasteiger partial charge in [-0.25, -0.2) is 15.0 Å². The number of rotatable bonds is 8. The van der Waals surface area contributed by atoms with E-state index in [2.05, 4.69) is 20.3 Å². The van der Waals surface area contributed by atoms with Crippen molar-refractivity contribution in [1.82, 2.24) is 29.7 Å². The van der Waals surface area contributed by atoms with Crippen LogP contribution in [-0.4, -0.2) is 60.5 Å². The Balaban J connectivity index is 1.48. The zero-order valence-corrected chi connectivity index (χ0v) is 21.3. The van der Waals surface area contributed by atoms with Crippen molar-refractivity contribution in [2.75, 3.05) is 13.2 Å². The summed E-state index contributed by atoms with van der Waals surface area (Å²) >= 11 is 0. The average molecular weight is 491 g/mol. The van der Waals surface area contributed by atoms with Crippen LogP contribution in [0.3, 0.4) is 0 Å². The van der Waals surface area contributed by atoms with Crippen molar-refractivity contribution in [2.45, 2.75) is 58.7 Å². The number of benzene rings is 1. The van der Waals surface area contributed by atoms with Gasteiger partial charge >= 0.3 is 0 Å². The van der Waals surface area contributed by atoms with E-state index in [4.69, 9.17) is 0 Å². The monoisotopic (exact) mass is 490 g/mol. The first kappa shape index (κ1) is 25.5. The highest BCUT2D eigenvalue weighted by molar-refractivity contribution is 5.90. The van der Waals surface area contributed by atoms with Gasteiger partial charge in [0.25, 0.3) is 0 Å². The van der Waals surface area contributed by atoms with Gasteiger partial charge < -0.3 is 19.9 Å². The molecule has 2 aromatic heterocycles. The molecule has 1 saturated heterocycles. The van der Waals surface area contributed by atoms with Crippen LogP contribution >= 0.6 is 0 Å². The lowest BCUT2D eigenvalue weighted by Gasteiger charge is -2.31. The summed E-state index contributed by atoms with van der Waals surface area (Å²) in [6, 6.07) is 6.07. The molecule has 4 rings (SSSR count). The summed E-state index contributed by atoms with van der Waals surface area (Å²) in [5.74, 6) is -0.288. The molecule has 1 aliphatic heterocycles. The molecule has 9 heteroatoms. The second-order valence-corrected chi connectivity index (χ2v) is 9.73. The maximum atomic E-state index is 13.6. The van der Waals surface area contributed by atoms with E-state index in [0.29, 0.717) is 13.0 Å². The van der Waals surface area contributed by atoms with Crippen LogP contribution in [0.5, 0.6) is 0 Å². The Morgan fingerprint density at radius 2 is 1.92 bits per heavy atom. The molecule has 190 valence electrons. The van der Waals surface area contributed by atoms with E-state index in [0.717, 1.165) is 34.5 Å². The first-order valence-electron chi connectivity index (χ1n) is 12.4. The summed E-state index contributed by atoms with van der Waals surface area (Å²) in [5, 5.41) is 13.0. The second kappa shape index (κ2) is 11.0. The fourth-order valence-electron chi connectivity index (χ4n) is 4.89. The molecule has 2 amide bonds. The lowest BCUT2D eigenvalue weighted by atomic mass is 10.0. The molecule has 0 bridgehead atoms. The lowest BCUT2D eigenvalue weighted by Crippen LogP contribution is -2.49. The molecule has 0 unspecified atom stereocenters. The smallest absolute Gasteiger partial charge is 0.246 e. The second-order valence-electron chi connectivity index (χ2n) is 9.73. The van der Waals surface area contributed by atoms with E-state index in [9.17, 15) is 14.7 Å². The van der Waals surface area contributed by atoms with Crippen LogP contribution in [0.25, 0.3) is 11.1 Å². The third-order valence-electron chi connectivity index (χ3n) is 6.81. The number of nitrogens with zero attached hydrogens (tertiary/aromatic N) is 5. The minimum Gasteiger partial charge on any atom is -0.394 e. The van der Waals surface area contributed by atoms with Gasteiger partial charge in [0.2, 0.25) is 11.8 Å². The third-order valence-corrected chi connectivity index (χ3v) is 6.81. The normalized spacial score (nSPS) is 17.3. The number of carbonyl (C=O) groups is 2. The van der Waals surface area contributed by atoms with Crippen LogP contribution in [-0.2, 0) is 9.59 Å².